The van der Waals surface area contributed by atoms with E-state index in [9.17, 15) is 0 Å². The molecule has 0 aromatic carbocycles. The highest BCUT2D eigenvalue weighted by Crippen LogP contribution is 2.63. The predicted molar refractivity (Wildman–Crippen MR) is 69.2 cm³/mol. The van der Waals surface area contributed by atoms with Gasteiger partial charge in [0.15, 0.2) is 0 Å². The molecule has 2 fully saturated rings. The fourth-order valence-corrected chi connectivity index (χ4v) is 4.69. The SMILES string of the molecule is C[C@]12CC=CC=C1CCC1CCCC[C@@]12C. The van der Waals surface area contributed by atoms with Crippen molar-refractivity contribution >= 4 is 0 Å². The molecule has 0 N–H and O–H groups in total. The molecular weight excluding hydrogens is 192 g/mol. The number of hydrogen-bond acceptors (Lipinski definition) is 0. The molecule has 0 heterocycles. The summed E-state index contributed by atoms with van der Waals surface area (Å²) in [5.41, 5.74) is 2.81. The molecule has 16 heavy (non-hydrogen) atoms. The second-order valence-electron chi connectivity index (χ2n) is 6.56. The van der Waals surface area contributed by atoms with E-state index in [1.54, 1.807) is 5.57 Å². The van der Waals surface area contributed by atoms with E-state index in [2.05, 4.69) is 32.1 Å². The standard InChI is InChI=1S/C16H24/c1-15-11-5-3-7-13(15)9-10-14-8-4-6-12-16(14,15)2/h3,5,7,14H,4,6,8-12H2,1-2H3/t14?,15-,16-/m0/s1. The van der Waals surface area contributed by atoms with Gasteiger partial charge in [-0.15, -0.1) is 0 Å². The molecule has 0 aromatic rings. The summed E-state index contributed by atoms with van der Waals surface area (Å²) in [5.74, 6) is 0.995. The van der Waals surface area contributed by atoms with Crippen molar-refractivity contribution in [3.8, 4) is 0 Å². The Morgan fingerprint density at radius 1 is 1.19 bits per heavy atom. The van der Waals surface area contributed by atoms with Crippen molar-refractivity contribution in [2.75, 3.05) is 0 Å². The molecule has 0 bridgehead atoms. The van der Waals surface area contributed by atoms with Crippen LogP contribution < -0.4 is 0 Å². The minimum atomic E-state index is 0.477. The van der Waals surface area contributed by atoms with Crippen LogP contribution in [0.4, 0.5) is 0 Å². The van der Waals surface area contributed by atoms with E-state index in [-0.39, 0.29) is 0 Å². The Labute approximate surface area is 99.8 Å². The van der Waals surface area contributed by atoms with Crippen molar-refractivity contribution in [3.05, 3.63) is 23.8 Å². The van der Waals surface area contributed by atoms with Crippen LogP contribution in [0, 0.1) is 16.7 Å². The molecular formula is C16H24. The highest BCUT2D eigenvalue weighted by atomic mass is 14.6. The lowest BCUT2D eigenvalue weighted by Gasteiger charge is -2.59. The maximum Gasteiger partial charge on any atom is -0.00223 e. The largest absolute Gasteiger partial charge is 0.0837 e. The van der Waals surface area contributed by atoms with Crippen molar-refractivity contribution in [3.63, 3.8) is 0 Å². The first-order valence-electron chi connectivity index (χ1n) is 7.03. The molecule has 3 aliphatic rings. The number of rotatable bonds is 0. The third kappa shape index (κ3) is 1.22. The Morgan fingerprint density at radius 3 is 2.94 bits per heavy atom. The molecule has 0 heteroatoms. The van der Waals surface area contributed by atoms with Crippen LogP contribution in [0.1, 0.15) is 58.8 Å². The highest BCUT2D eigenvalue weighted by Gasteiger charge is 2.53. The zero-order valence-electron chi connectivity index (χ0n) is 10.8. The highest BCUT2D eigenvalue weighted by molar-refractivity contribution is 5.31. The van der Waals surface area contributed by atoms with Gasteiger partial charge in [0.1, 0.15) is 0 Å². The van der Waals surface area contributed by atoms with Gasteiger partial charge in [0.2, 0.25) is 0 Å². The van der Waals surface area contributed by atoms with Gasteiger partial charge in [-0.3, -0.25) is 0 Å². The molecule has 0 saturated heterocycles. The van der Waals surface area contributed by atoms with E-state index in [0.29, 0.717) is 10.8 Å². The summed E-state index contributed by atoms with van der Waals surface area (Å²) in [4.78, 5) is 0. The van der Waals surface area contributed by atoms with E-state index < -0.39 is 0 Å². The van der Waals surface area contributed by atoms with E-state index in [1.807, 2.05) is 0 Å². The molecule has 3 atom stereocenters. The zero-order valence-corrected chi connectivity index (χ0v) is 10.8. The van der Waals surface area contributed by atoms with Crippen LogP contribution in [0.2, 0.25) is 0 Å². The summed E-state index contributed by atoms with van der Waals surface area (Å²) in [6.45, 7) is 5.13. The first-order valence-corrected chi connectivity index (χ1v) is 7.03. The van der Waals surface area contributed by atoms with Gasteiger partial charge in [0.25, 0.3) is 0 Å². The third-order valence-corrected chi connectivity index (χ3v) is 6.09. The summed E-state index contributed by atoms with van der Waals surface area (Å²) in [6.07, 6.45) is 17.1. The monoisotopic (exact) mass is 216 g/mol. The van der Waals surface area contributed by atoms with Crippen LogP contribution in [0.25, 0.3) is 0 Å². The van der Waals surface area contributed by atoms with Gasteiger partial charge in [-0.25, -0.2) is 0 Å². The van der Waals surface area contributed by atoms with Crippen LogP contribution in [0.3, 0.4) is 0 Å². The summed E-state index contributed by atoms with van der Waals surface area (Å²) in [7, 11) is 0. The minimum Gasteiger partial charge on any atom is -0.0837 e. The predicted octanol–water partition coefficient (Wildman–Crippen LogP) is 4.87. The molecule has 0 nitrogen and oxygen atoms in total. The quantitative estimate of drug-likeness (QED) is 0.542. The Balaban J connectivity index is 2.03. The van der Waals surface area contributed by atoms with Crippen molar-refractivity contribution in [1.29, 1.82) is 0 Å². The van der Waals surface area contributed by atoms with Crippen LogP contribution in [-0.2, 0) is 0 Å². The van der Waals surface area contributed by atoms with E-state index in [0.717, 1.165) is 5.92 Å². The average molecular weight is 216 g/mol. The first kappa shape index (κ1) is 10.6. The summed E-state index contributed by atoms with van der Waals surface area (Å²) in [6, 6.07) is 0. The Morgan fingerprint density at radius 2 is 2.06 bits per heavy atom. The number of hydrogen-bond donors (Lipinski definition) is 0. The lowest BCUT2D eigenvalue weighted by molar-refractivity contribution is -0.0299. The molecule has 2 saturated carbocycles. The van der Waals surface area contributed by atoms with Crippen molar-refractivity contribution in [2.45, 2.75) is 58.8 Å². The van der Waals surface area contributed by atoms with Crippen molar-refractivity contribution < 1.29 is 0 Å². The molecule has 1 unspecified atom stereocenters. The molecule has 0 spiro atoms. The topological polar surface area (TPSA) is 0 Å². The second kappa shape index (κ2) is 3.48. The van der Waals surface area contributed by atoms with Gasteiger partial charge >= 0.3 is 0 Å². The molecule has 88 valence electrons. The molecule has 0 amide bonds. The summed E-state index contributed by atoms with van der Waals surface area (Å²) < 4.78 is 0. The normalized spacial score (nSPS) is 46.9. The second-order valence-corrected chi connectivity index (χ2v) is 6.56. The van der Waals surface area contributed by atoms with Gasteiger partial charge in [0.05, 0.1) is 0 Å². The van der Waals surface area contributed by atoms with Crippen LogP contribution in [-0.4, -0.2) is 0 Å². The first-order chi connectivity index (χ1) is 7.67. The molecule has 0 aliphatic heterocycles. The zero-order chi connectivity index (χ0) is 11.2. The van der Waals surface area contributed by atoms with Gasteiger partial charge in [-0.1, -0.05) is 50.5 Å². The lowest BCUT2D eigenvalue weighted by Crippen LogP contribution is -2.49. The smallest absolute Gasteiger partial charge is 0.00223 e. The van der Waals surface area contributed by atoms with Crippen LogP contribution >= 0.6 is 0 Å². The minimum absolute atomic E-state index is 0.477. The molecule has 0 radical (unpaired) electrons. The maximum absolute atomic E-state index is 2.59. The number of fused-ring (bicyclic) bond motifs is 3. The Hall–Kier alpha value is -0.520. The fraction of sp³-hybridized carbons (Fsp3) is 0.750. The average Bonchev–Trinajstić information content (AvgIpc) is 2.29. The van der Waals surface area contributed by atoms with Crippen LogP contribution in [0.15, 0.2) is 23.8 Å². The lowest BCUT2D eigenvalue weighted by atomic mass is 9.46. The Kier molecular flexibility index (Phi) is 2.31. The fourth-order valence-electron chi connectivity index (χ4n) is 4.69. The van der Waals surface area contributed by atoms with Gasteiger partial charge in [-0.2, -0.15) is 0 Å². The van der Waals surface area contributed by atoms with Gasteiger partial charge < -0.3 is 0 Å². The Bertz CT molecular complexity index is 349. The van der Waals surface area contributed by atoms with Crippen LogP contribution in [0.5, 0.6) is 0 Å². The van der Waals surface area contributed by atoms with E-state index in [1.165, 1.54) is 44.9 Å². The number of allylic oxidation sites excluding steroid dienone is 4. The summed E-state index contributed by atoms with van der Waals surface area (Å²) >= 11 is 0. The van der Waals surface area contributed by atoms with E-state index in [4.69, 9.17) is 0 Å². The molecule has 3 rings (SSSR count). The van der Waals surface area contributed by atoms with E-state index >= 15 is 0 Å². The van der Waals surface area contributed by atoms with Crippen molar-refractivity contribution in [2.24, 2.45) is 16.7 Å². The maximum atomic E-state index is 2.59. The third-order valence-electron chi connectivity index (χ3n) is 6.09. The summed E-state index contributed by atoms with van der Waals surface area (Å²) in [5, 5.41) is 0. The van der Waals surface area contributed by atoms with Gasteiger partial charge in [0, 0.05) is 0 Å². The van der Waals surface area contributed by atoms with Gasteiger partial charge in [-0.05, 0) is 48.9 Å². The molecule has 3 aliphatic carbocycles. The van der Waals surface area contributed by atoms with Crippen molar-refractivity contribution in [1.82, 2.24) is 0 Å². The molecule has 0 aromatic heterocycles.